The van der Waals surface area contributed by atoms with Crippen LogP contribution in [-0.2, 0) is 27.2 Å². The van der Waals surface area contributed by atoms with E-state index >= 15 is 0 Å². The number of nitrogens with zero attached hydrogens (tertiary/aromatic N) is 2. The first kappa shape index (κ1) is 34.0. The molecule has 0 atom stereocenters. The van der Waals surface area contributed by atoms with E-state index in [1.807, 2.05) is 44.4 Å². The highest BCUT2D eigenvalue weighted by atomic mass is 35.5. The number of aromatic nitrogens is 2. The number of hydrogen-bond acceptors (Lipinski definition) is 7. The van der Waals surface area contributed by atoms with E-state index in [2.05, 4.69) is 5.73 Å². The molecule has 9 nitrogen and oxygen atoms in total. The lowest BCUT2D eigenvalue weighted by Gasteiger charge is -2.14. The molecule has 0 bridgehead atoms. The molecule has 0 spiro atoms. The van der Waals surface area contributed by atoms with E-state index in [0.29, 0.717) is 34.6 Å². The van der Waals surface area contributed by atoms with Crippen LogP contribution in [0.2, 0.25) is 10.0 Å². The third-order valence-electron chi connectivity index (χ3n) is 4.57. The van der Waals surface area contributed by atoms with Gasteiger partial charge in [0.1, 0.15) is 23.2 Å². The summed E-state index contributed by atoms with van der Waals surface area (Å²) in [5.74, 6) is 1.01. The lowest BCUT2D eigenvalue weighted by atomic mass is 10.1. The second kappa shape index (κ2) is 16.8. The van der Waals surface area contributed by atoms with Crippen molar-refractivity contribution in [1.29, 1.82) is 0 Å². The van der Waals surface area contributed by atoms with E-state index in [-0.39, 0.29) is 12.5 Å². The third-order valence-corrected chi connectivity index (χ3v) is 6.56. The maximum Gasteiger partial charge on any atom is 0.362 e. The zero-order valence-corrected chi connectivity index (χ0v) is 25.2. The predicted molar refractivity (Wildman–Crippen MR) is 152 cm³/mol. The Morgan fingerprint density at radius 3 is 2.18 bits per heavy atom. The number of hydrogen-bond donors (Lipinski definition) is 3. The van der Waals surface area contributed by atoms with Crippen LogP contribution < -0.4 is 10.5 Å². The Morgan fingerprint density at radius 1 is 1.11 bits per heavy atom. The summed E-state index contributed by atoms with van der Waals surface area (Å²) in [7, 11) is -2.77. The molecule has 3 aromatic rings. The fourth-order valence-electron chi connectivity index (χ4n) is 3.10. The van der Waals surface area contributed by atoms with E-state index in [4.69, 9.17) is 47.4 Å². The summed E-state index contributed by atoms with van der Waals surface area (Å²) < 4.78 is 23.1. The normalized spacial score (nSPS) is 10.7. The first-order chi connectivity index (χ1) is 18.1. The van der Waals surface area contributed by atoms with Gasteiger partial charge in [-0.3, -0.25) is 9.36 Å². The van der Waals surface area contributed by atoms with Crippen molar-refractivity contribution in [2.24, 2.45) is 5.73 Å². The van der Waals surface area contributed by atoms with Crippen molar-refractivity contribution in [2.75, 3.05) is 13.4 Å². The van der Waals surface area contributed by atoms with Crippen molar-refractivity contribution in [3.8, 4) is 5.75 Å². The van der Waals surface area contributed by atoms with Crippen LogP contribution >= 0.6 is 42.6 Å². The highest BCUT2D eigenvalue weighted by Gasteiger charge is 2.22. The largest absolute Gasteiger partial charge is 0.481 e. The average Bonchev–Trinajstić information content (AvgIpc) is 3.20. The minimum Gasteiger partial charge on any atom is -0.481 e. The summed E-state index contributed by atoms with van der Waals surface area (Å²) in [6, 6.07) is 12.1. The Bertz CT molecular complexity index is 1180. The monoisotopic (exact) mass is 605 g/mol. The molecule has 0 amide bonds. The van der Waals surface area contributed by atoms with Gasteiger partial charge < -0.3 is 29.6 Å². The van der Waals surface area contributed by atoms with Gasteiger partial charge in [-0.25, -0.2) is 4.98 Å². The van der Waals surface area contributed by atoms with Crippen LogP contribution in [0.5, 0.6) is 5.75 Å². The summed E-state index contributed by atoms with van der Waals surface area (Å²) in [6.45, 7) is 8.85. The molecular formula is C25H34Cl2N3O6PS. The van der Waals surface area contributed by atoms with Crippen LogP contribution in [-0.4, -0.2) is 39.2 Å². The van der Waals surface area contributed by atoms with Crippen LogP contribution in [0.25, 0.3) is 0 Å². The van der Waals surface area contributed by atoms with E-state index in [1.165, 1.54) is 18.8 Å². The Kier molecular flexibility index (Phi) is 15.0. The van der Waals surface area contributed by atoms with Crippen molar-refractivity contribution in [3.63, 3.8) is 0 Å². The van der Waals surface area contributed by atoms with Crippen LogP contribution in [0.1, 0.15) is 50.7 Å². The van der Waals surface area contributed by atoms with Gasteiger partial charge in [0.05, 0.1) is 5.69 Å². The minimum absolute atomic E-state index is 0.00353. The molecule has 0 aliphatic rings. The molecule has 3 rings (SSSR count). The molecule has 210 valence electrons. The van der Waals surface area contributed by atoms with E-state index in [0.717, 1.165) is 21.2 Å². The van der Waals surface area contributed by atoms with Gasteiger partial charge in [-0.1, -0.05) is 74.8 Å². The Morgan fingerprint density at radius 2 is 1.68 bits per heavy atom. The first-order valence-electron chi connectivity index (χ1n) is 11.7. The molecule has 4 N–H and O–H groups in total. The number of carbonyl (C=O) groups is 1. The van der Waals surface area contributed by atoms with Crippen molar-refractivity contribution >= 4 is 49.0 Å². The number of carbonyl (C=O) groups excluding carboxylic acids is 1. The fourth-order valence-corrected chi connectivity index (χ4v) is 5.33. The van der Waals surface area contributed by atoms with E-state index < -0.39 is 13.9 Å². The number of nitrogens with two attached hydrogens (primary N) is 1. The van der Waals surface area contributed by atoms with E-state index in [9.17, 15) is 9.36 Å². The molecule has 38 heavy (non-hydrogen) atoms. The molecule has 13 heteroatoms. The lowest BCUT2D eigenvalue weighted by Crippen LogP contribution is -2.08. The standard InChI is InChI=1S/C22H23Cl2N2O6PS.C2H6.CH5N/c1-14(2)21-22(34-19-8-16(23)7-17(24)9-19)26(20(25-21)11-31-12-27)10-15-3-5-18(6-4-15)32-13-33(28,29)30;2*1-2/h3-9,12,14H,10-11,13H2,1-2H3,(H2,28,29,30);1-2H3;2H2,1H3. The number of imidazole rings is 1. The molecule has 0 aliphatic heterocycles. The second-order valence-electron chi connectivity index (χ2n) is 7.66. The maximum atomic E-state index is 11.0. The van der Waals surface area contributed by atoms with Crippen LogP contribution in [0.4, 0.5) is 0 Å². The topological polar surface area (TPSA) is 137 Å². The summed E-state index contributed by atoms with van der Waals surface area (Å²) in [5, 5.41) is 1.89. The third kappa shape index (κ3) is 11.0. The second-order valence-corrected chi connectivity index (χ2v) is 11.2. The Hall–Kier alpha value is -2.04. The zero-order chi connectivity index (χ0) is 28.9. The molecule has 0 fully saturated rings. The van der Waals surface area contributed by atoms with Gasteiger partial charge in [0.2, 0.25) is 0 Å². The smallest absolute Gasteiger partial charge is 0.362 e. The highest BCUT2D eigenvalue weighted by molar-refractivity contribution is 7.99. The molecule has 0 saturated carbocycles. The quantitative estimate of drug-likeness (QED) is 0.170. The predicted octanol–water partition coefficient (Wildman–Crippen LogP) is 6.30. The number of rotatable bonds is 11. The van der Waals surface area contributed by atoms with Gasteiger partial charge >= 0.3 is 7.60 Å². The highest BCUT2D eigenvalue weighted by Crippen LogP contribution is 2.38. The van der Waals surface area contributed by atoms with Gasteiger partial charge in [-0.05, 0) is 48.9 Å². The molecule has 0 unspecified atom stereocenters. The lowest BCUT2D eigenvalue weighted by molar-refractivity contribution is -0.130. The number of benzene rings is 2. The average molecular weight is 607 g/mol. The van der Waals surface area contributed by atoms with Gasteiger partial charge in [0.15, 0.2) is 6.35 Å². The fraction of sp³-hybridized carbons (Fsp3) is 0.360. The van der Waals surface area contributed by atoms with Crippen molar-refractivity contribution in [2.45, 2.75) is 56.7 Å². The summed E-state index contributed by atoms with van der Waals surface area (Å²) in [6.07, 6.45) is -0.693. The molecule has 0 aliphatic carbocycles. The first-order valence-corrected chi connectivity index (χ1v) is 15.0. The van der Waals surface area contributed by atoms with Gasteiger partial charge in [-0.15, -0.1) is 0 Å². The van der Waals surface area contributed by atoms with Gasteiger partial charge in [0.25, 0.3) is 6.47 Å². The molecule has 0 radical (unpaired) electrons. The van der Waals surface area contributed by atoms with Crippen molar-refractivity contribution < 1.29 is 28.6 Å². The minimum atomic E-state index is -4.27. The van der Waals surface area contributed by atoms with Crippen LogP contribution in [0.3, 0.4) is 0 Å². The Labute approximate surface area is 237 Å². The molecule has 2 aromatic carbocycles. The SMILES string of the molecule is CC.CC(C)c1nc(COC=O)n(Cc2ccc(OCP(=O)(O)O)cc2)c1Sc1cc(Cl)cc(Cl)c1.CN. The summed E-state index contributed by atoms with van der Waals surface area (Å²) >= 11 is 13.8. The van der Waals surface area contributed by atoms with Crippen molar-refractivity contribution in [3.05, 3.63) is 69.6 Å². The Balaban J connectivity index is 0.00000172. The summed E-state index contributed by atoms with van der Waals surface area (Å²) in [4.78, 5) is 34.4. The molecule has 0 saturated heterocycles. The van der Waals surface area contributed by atoms with E-state index in [1.54, 1.807) is 30.3 Å². The molecule has 1 aromatic heterocycles. The van der Waals surface area contributed by atoms with Crippen LogP contribution in [0, 0.1) is 0 Å². The number of halogens is 2. The van der Waals surface area contributed by atoms with Gasteiger partial charge in [0, 0.05) is 21.5 Å². The molecular weight excluding hydrogens is 572 g/mol. The zero-order valence-electron chi connectivity index (χ0n) is 21.9. The summed E-state index contributed by atoms with van der Waals surface area (Å²) in [5.41, 5.74) is 6.22. The molecule has 1 heterocycles. The van der Waals surface area contributed by atoms with Crippen LogP contribution in [0.15, 0.2) is 52.4 Å². The maximum absolute atomic E-state index is 11.0. The number of ether oxygens (including phenoxy) is 2. The van der Waals surface area contributed by atoms with Gasteiger partial charge in [-0.2, -0.15) is 0 Å². The van der Waals surface area contributed by atoms with Crippen molar-refractivity contribution in [1.82, 2.24) is 9.55 Å².